The summed E-state index contributed by atoms with van der Waals surface area (Å²) in [4.78, 5) is 9.31. The molecule has 0 amide bonds. The molecule has 1 fully saturated rings. The number of aromatic nitrogens is 4. The Morgan fingerprint density at radius 3 is 2.46 bits per heavy atom. The van der Waals surface area contributed by atoms with Crippen LogP contribution in [0.25, 0.3) is 11.4 Å². The van der Waals surface area contributed by atoms with Gasteiger partial charge in [-0.15, -0.1) is 22.6 Å². The number of ether oxygens (including phenoxy) is 2. The maximum absolute atomic E-state index is 5.99. The Morgan fingerprint density at radius 1 is 1.00 bits per heavy atom. The molecule has 2 aromatic carbocycles. The number of fused-ring (bicyclic) bond motifs is 3. The SMILES string of the molecule is CCOc1cc2c(cc1OCC)C1CN(C)CCC1N=C2c1cccc(-c2nnn(CC)n2)c1.Cl. The summed E-state index contributed by atoms with van der Waals surface area (Å²) in [5.41, 5.74) is 5.38. The number of likely N-dealkylation sites (N-methyl/N-ethyl adjacent to an activating group) is 1. The van der Waals surface area contributed by atoms with E-state index >= 15 is 0 Å². The molecule has 2 aliphatic heterocycles. The summed E-state index contributed by atoms with van der Waals surface area (Å²) < 4.78 is 12.0. The molecule has 35 heavy (non-hydrogen) atoms. The van der Waals surface area contributed by atoms with Crippen LogP contribution in [-0.2, 0) is 6.54 Å². The molecule has 2 unspecified atom stereocenters. The summed E-state index contributed by atoms with van der Waals surface area (Å²) >= 11 is 0. The third-order valence-electron chi connectivity index (χ3n) is 6.57. The molecule has 0 radical (unpaired) electrons. The van der Waals surface area contributed by atoms with E-state index in [0.29, 0.717) is 31.5 Å². The van der Waals surface area contributed by atoms with Gasteiger partial charge in [0.25, 0.3) is 0 Å². The smallest absolute Gasteiger partial charge is 0.204 e. The van der Waals surface area contributed by atoms with E-state index in [1.54, 1.807) is 4.80 Å². The number of rotatable bonds is 7. The van der Waals surface area contributed by atoms with E-state index < -0.39 is 0 Å². The van der Waals surface area contributed by atoms with Crippen LogP contribution in [-0.4, -0.2) is 70.2 Å². The predicted molar refractivity (Wildman–Crippen MR) is 139 cm³/mol. The first-order valence-electron chi connectivity index (χ1n) is 12.2. The number of hydrogen-bond acceptors (Lipinski definition) is 7. The van der Waals surface area contributed by atoms with Crippen LogP contribution in [0.1, 0.15) is 49.8 Å². The van der Waals surface area contributed by atoms with Crippen molar-refractivity contribution in [3.63, 3.8) is 0 Å². The van der Waals surface area contributed by atoms with Crippen molar-refractivity contribution in [2.24, 2.45) is 4.99 Å². The van der Waals surface area contributed by atoms with Crippen LogP contribution in [0, 0.1) is 0 Å². The molecule has 1 aromatic heterocycles. The Morgan fingerprint density at radius 2 is 1.74 bits per heavy atom. The maximum atomic E-state index is 5.99. The number of aryl methyl sites for hydroxylation is 1. The van der Waals surface area contributed by atoms with Crippen molar-refractivity contribution in [1.29, 1.82) is 0 Å². The predicted octanol–water partition coefficient (Wildman–Crippen LogP) is 4.22. The topological polar surface area (TPSA) is 77.7 Å². The first-order valence-corrected chi connectivity index (χ1v) is 12.2. The highest BCUT2D eigenvalue weighted by Crippen LogP contribution is 2.42. The number of aliphatic imine (C=N–C) groups is 1. The van der Waals surface area contributed by atoms with Gasteiger partial charge in [0.1, 0.15) is 0 Å². The molecule has 1 saturated heterocycles. The van der Waals surface area contributed by atoms with E-state index in [2.05, 4.69) is 51.6 Å². The number of likely N-dealkylation sites (tertiary alicyclic amines) is 1. The summed E-state index contributed by atoms with van der Waals surface area (Å²) in [6, 6.07) is 12.8. The second-order valence-corrected chi connectivity index (χ2v) is 8.84. The molecule has 8 nitrogen and oxygen atoms in total. The van der Waals surface area contributed by atoms with Gasteiger partial charge in [0, 0.05) is 29.2 Å². The van der Waals surface area contributed by atoms with Crippen LogP contribution in [0.4, 0.5) is 0 Å². The molecule has 2 aliphatic rings. The summed E-state index contributed by atoms with van der Waals surface area (Å²) in [6.07, 6.45) is 1.04. The van der Waals surface area contributed by atoms with Gasteiger partial charge in [-0.05, 0) is 69.8 Å². The van der Waals surface area contributed by atoms with E-state index in [-0.39, 0.29) is 18.4 Å². The number of halogens is 1. The van der Waals surface area contributed by atoms with Crippen molar-refractivity contribution in [3.05, 3.63) is 53.1 Å². The van der Waals surface area contributed by atoms with E-state index in [4.69, 9.17) is 14.5 Å². The lowest BCUT2D eigenvalue weighted by atomic mass is 9.79. The largest absolute Gasteiger partial charge is 0.490 e. The minimum atomic E-state index is 0. The van der Waals surface area contributed by atoms with Gasteiger partial charge in [0.2, 0.25) is 5.82 Å². The minimum absolute atomic E-state index is 0. The van der Waals surface area contributed by atoms with Crippen molar-refractivity contribution in [2.75, 3.05) is 33.4 Å². The number of nitrogens with zero attached hydrogens (tertiary/aromatic N) is 6. The first kappa shape index (κ1) is 25.1. The molecule has 3 heterocycles. The van der Waals surface area contributed by atoms with Gasteiger partial charge in [0.05, 0.1) is 31.5 Å². The molecular formula is C26H33ClN6O2. The van der Waals surface area contributed by atoms with Crippen molar-refractivity contribution in [1.82, 2.24) is 25.1 Å². The van der Waals surface area contributed by atoms with Gasteiger partial charge in [-0.25, -0.2) is 0 Å². The highest BCUT2D eigenvalue weighted by molar-refractivity contribution is 6.15. The second kappa shape index (κ2) is 10.7. The number of hydrogen-bond donors (Lipinski definition) is 0. The van der Waals surface area contributed by atoms with Crippen LogP contribution in [0.3, 0.4) is 0 Å². The molecule has 0 aliphatic carbocycles. The average molecular weight is 497 g/mol. The van der Waals surface area contributed by atoms with Crippen LogP contribution in [0.15, 0.2) is 41.4 Å². The Balaban J connectivity index is 0.00000289. The number of benzene rings is 2. The molecular weight excluding hydrogens is 464 g/mol. The van der Waals surface area contributed by atoms with Gasteiger partial charge >= 0.3 is 0 Å². The summed E-state index contributed by atoms with van der Waals surface area (Å²) in [5.74, 6) is 2.54. The first-order chi connectivity index (χ1) is 16.6. The third kappa shape index (κ3) is 4.90. The summed E-state index contributed by atoms with van der Waals surface area (Å²) in [7, 11) is 2.19. The van der Waals surface area contributed by atoms with Crippen LogP contribution < -0.4 is 9.47 Å². The van der Waals surface area contributed by atoms with Gasteiger partial charge in [-0.2, -0.15) is 4.80 Å². The van der Waals surface area contributed by atoms with Gasteiger partial charge < -0.3 is 14.4 Å². The Hall–Kier alpha value is -2.97. The van der Waals surface area contributed by atoms with Gasteiger partial charge in [-0.1, -0.05) is 18.2 Å². The maximum Gasteiger partial charge on any atom is 0.204 e. The minimum Gasteiger partial charge on any atom is -0.490 e. The summed E-state index contributed by atoms with van der Waals surface area (Å²) in [6.45, 7) is 9.90. The Kier molecular flexibility index (Phi) is 7.72. The zero-order valence-electron chi connectivity index (χ0n) is 20.8. The van der Waals surface area contributed by atoms with Crippen molar-refractivity contribution >= 4 is 18.1 Å². The molecule has 186 valence electrons. The van der Waals surface area contributed by atoms with Gasteiger partial charge in [0.15, 0.2) is 11.5 Å². The fraction of sp³-hybridized carbons (Fsp3) is 0.462. The summed E-state index contributed by atoms with van der Waals surface area (Å²) in [5, 5.41) is 12.8. The lowest BCUT2D eigenvalue weighted by Gasteiger charge is -2.39. The zero-order chi connectivity index (χ0) is 23.7. The standard InChI is InChI=1S/C26H32N6O2.ClH/c1-5-32-29-26(28-30-32)18-10-8-9-17(13-18)25-20-15-24(34-7-3)23(33-6-2)14-19(20)21-16-31(4)12-11-22(21)27-25;/h8-10,13-15,21-22H,5-7,11-12,16H2,1-4H3;1H. The van der Waals surface area contributed by atoms with E-state index in [1.165, 1.54) is 5.56 Å². The van der Waals surface area contributed by atoms with E-state index in [9.17, 15) is 0 Å². The fourth-order valence-corrected chi connectivity index (χ4v) is 4.95. The van der Waals surface area contributed by atoms with Crippen LogP contribution >= 0.6 is 12.4 Å². The molecule has 0 bridgehead atoms. The third-order valence-corrected chi connectivity index (χ3v) is 6.57. The number of piperidine rings is 1. The van der Waals surface area contributed by atoms with E-state index in [0.717, 1.165) is 53.4 Å². The lowest BCUT2D eigenvalue weighted by molar-refractivity contribution is 0.226. The zero-order valence-corrected chi connectivity index (χ0v) is 21.6. The highest BCUT2D eigenvalue weighted by atomic mass is 35.5. The Bertz CT molecular complexity index is 1210. The van der Waals surface area contributed by atoms with E-state index in [1.807, 2.05) is 32.9 Å². The molecule has 2 atom stereocenters. The van der Waals surface area contributed by atoms with Crippen molar-refractivity contribution in [3.8, 4) is 22.9 Å². The van der Waals surface area contributed by atoms with Crippen LogP contribution in [0.5, 0.6) is 11.5 Å². The molecule has 0 N–H and O–H groups in total. The second-order valence-electron chi connectivity index (χ2n) is 8.84. The molecule has 0 saturated carbocycles. The molecule has 9 heteroatoms. The molecule has 0 spiro atoms. The van der Waals surface area contributed by atoms with Crippen LogP contribution in [0.2, 0.25) is 0 Å². The normalized spacial score (nSPS) is 19.3. The molecule has 5 rings (SSSR count). The average Bonchev–Trinajstić information content (AvgIpc) is 3.34. The number of tetrazole rings is 1. The molecule has 3 aromatic rings. The lowest BCUT2D eigenvalue weighted by Crippen LogP contribution is -2.41. The quantitative estimate of drug-likeness (QED) is 0.487. The Labute approximate surface area is 212 Å². The van der Waals surface area contributed by atoms with Gasteiger partial charge in [-0.3, -0.25) is 4.99 Å². The monoisotopic (exact) mass is 496 g/mol. The fourth-order valence-electron chi connectivity index (χ4n) is 4.95. The highest BCUT2D eigenvalue weighted by Gasteiger charge is 2.36. The van der Waals surface area contributed by atoms with Crippen molar-refractivity contribution in [2.45, 2.75) is 45.7 Å². The van der Waals surface area contributed by atoms with Crippen molar-refractivity contribution < 1.29 is 9.47 Å².